The molecule has 0 aliphatic carbocycles. The van der Waals surface area contributed by atoms with Gasteiger partial charge in [0, 0.05) is 12.8 Å². The van der Waals surface area contributed by atoms with E-state index in [1.165, 1.54) is 5.56 Å². The molecule has 0 saturated carbocycles. The lowest BCUT2D eigenvalue weighted by atomic mass is 10.2. The molecule has 1 aliphatic heterocycles. The molecule has 4 rings (SSSR count). The van der Waals surface area contributed by atoms with Gasteiger partial charge in [-0.05, 0) is 17.7 Å². The predicted octanol–water partition coefficient (Wildman–Crippen LogP) is 2.78. The van der Waals surface area contributed by atoms with Crippen molar-refractivity contribution in [1.29, 1.82) is 0 Å². The number of nitrogens with one attached hydrogen (secondary N) is 2. The van der Waals surface area contributed by atoms with Crippen LogP contribution in [-0.2, 0) is 5.75 Å². The molecule has 0 bridgehead atoms. The number of amidine groups is 1. The maximum atomic E-state index is 4.61. The number of hydrogen-bond acceptors (Lipinski definition) is 6. The molecule has 126 valence electrons. The van der Waals surface area contributed by atoms with Crippen molar-refractivity contribution in [2.45, 2.75) is 10.8 Å². The predicted molar refractivity (Wildman–Crippen MR) is 100 cm³/mol. The first-order valence-corrected chi connectivity index (χ1v) is 8.94. The molecule has 2 N–H and O–H groups in total. The maximum absolute atomic E-state index is 4.61. The summed E-state index contributed by atoms with van der Waals surface area (Å²) in [6.45, 7) is 0. The quantitative estimate of drug-likeness (QED) is 0.693. The first kappa shape index (κ1) is 15.7. The van der Waals surface area contributed by atoms with E-state index < -0.39 is 0 Å². The van der Waals surface area contributed by atoms with E-state index in [0.717, 1.165) is 27.9 Å². The normalized spacial score (nSPS) is 13.6. The summed E-state index contributed by atoms with van der Waals surface area (Å²) in [5.74, 6) is 1.68. The van der Waals surface area contributed by atoms with Gasteiger partial charge >= 0.3 is 0 Å². The van der Waals surface area contributed by atoms with E-state index in [2.05, 4.69) is 57.7 Å². The Labute approximate surface area is 150 Å². The molecule has 0 radical (unpaired) electrons. The summed E-state index contributed by atoms with van der Waals surface area (Å²) in [6, 6.07) is 20.6. The van der Waals surface area contributed by atoms with Crippen molar-refractivity contribution in [1.82, 2.24) is 25.9 Å². The number of rotatable bonds is 5. The van der Waals surface area contributed by atoms with Gasteiger partial charge in [-0.25, -0.2) is 10.2 Å². The first-order chi connectivity index (χ1) is 12.3. The fourth-order valence-corrected chi connectivity index (χ4v) is 3.70. The third-order valence-corrected chi connectivity index (χ3v) is 5.03. The van der Waals surface area contributed by atoms with E-state index in [-0.39, 0.29) is 0 Å². The third-order valence-electron chi connectivity index (χ3n) is 3.88. The van der Waals surface area contributed by atoms with Crippen molar-refractivity contribution < 1.29 is 0 Å². The van der Waals surface area contributed by atoms with Crippen LogP contribution in [0.3, 0.4) is 0 Å². The number of nitrogens with zero attached hydrogens (tertiary/aromatic N) is 4. The molecule has 25 heavy (non-hydrogen) atoms. The zero-order valence-corrected chi connectivity index (χ0v) is 14.6. The topological polar surface area (TPSA) is 57.5 Å². The van der Waals surface area contributed by atoms with Crippen LogP contribution in [0.15, 0.2) is 77.0 Å². The Morgan fingerprint density at radius 3 is 2.40 bits per heavy atom. The average molecular weight is 350 g/mol. The van der Waals surface area contributed by atoms with Crippen molar-refractivity contribution in [3.8, 4) is 5.69 Å². The van der Waals surface area contributed by atoms with Gasteiger partial charge in [0.25, 0.3) is 0 Å². The fourth-order valence-electron chi connectivity index (χ4n) is 2.63. The molecule has 1 aromatic heterocycles. The van der Waals surface area contributed by atoms with Gasteiger partial charge in [0.1, 0.15) is 5.03 Å². The lowest BCUT2D eigenvalue weighted by Gasteiger charge is -2.13. The Bertz CT molecular complexity index is 875. The summed E-state index contributed by atoms with van der Waals surface area (Å²) in [4.78, 5) is 0. The largest absolute Gasteiger partial charge is 0.274 e. The summed E-state index contributed by atoms with van der Waals surface area (Å²) < 4.78 is 1.97. The summed E-state index contributed by atoms with van der Waals surface area (Å²) in [7, 11) is 1.92. The van der Waals surface area contributed by atoms with Gasteiger partial charge in [-0.3, -0.25) is 5.01 Å². The second-order valence-corrected chi connectivity index (χ2v) is 6.57. The monoisotopic (exact) mass is 350 g/mol. The minimum absolute atomic E-state index is 0.817. The number of para-hydroxylation sites is 1. The van der Waals surface area contributed by atoms with Crippen LogP contribution in [-0.4, -0.2) is 27.7 Å². The van der Waals surface area contributed by atoms with Crippen LogP contribution >= 0.6 is 11.8 Å². The summed E-state index contributed by atoms with van der Waals surface area (Å²) >= 11 is 1.75. The SMILES string of the molecule is CN1NNN=C1c1cnn(-c2ccccc2)c1SCc1ccccc1. The number of hydrazone groups is 1. The molecule has 2 aromatic carbocycles. The van der Waals surface area contributed by atoms with Crippen molar-refractivity contribution in [3.63, 3.8) is 0 Å². The molecular formula is C18H18N6S. The minimum Gasteiger partial charge on any atom is -0.274 e. The van der Waals surface area contributed by atoms with Gasteiger partial charge in [0.05, 0.1) is 17.4 Å². The third kappa shape index (κ3) is 3.24. The summed E-state index contributed by atoms with van der Waals surface area (Å²) in [5.41, 5.74) is 9.04. The summed E-state index contributed by atoms with van der Waals surface area (Å²) in [5, 5.41) is 11.8. The molecule has 0 unspecified atom stereocenters. The number of aromatic nitrogens is 2. The van der Waals surface area contributed by atoms with E-state index in [4.69, 9.17) is 0 Å². The smallest absolute Gasteiger partial charge is 0.177 e. The lowest BCUT2D eigenvalue weighted by molar-refractivity contribution is 0.348. The number of hydrogen-bond donors (Lipinski definition) is 2. The maximum Gasteiger partial charge on any atom is 0.177 e. The molecule has 0 fully saturated rings. The van der Waals surface area contributed by atoms with Crippen LogP contribution in [0.2, 0.25) is 0 Å². The Morgan fingerprint density at radius 2 is 1.72 bits per heavy atom. The van der Waals surface area contributed by atoms with Crippen LogP contribution in [0, 0.1) is 0 Å². The average Bonchev–Trinajstić information content (AvgIpc) is 3.27. The second-order valence-electron chi connectivity index (χ2n) is 5.60. The highest BCUT2D eigenvalue weighted by Crippen LogP contribution is 2.29. The highest BCUT2D eigenvalue weighted by Gasteiger charge is 2.23. The summed E-state index contributed by atoms with van der Waals surface area (Å²) in [6.07, 6.45) is 1.87. The van der Waals surface area contributed by atoms with Crippen LogP contribution in [0.1, 0.15) is 11.1 Å². The lowest BCUT2D eigenvalue weighted by Crippen LogP contribution is -2.37. The first-order valence-electron chi connectivity index (χ1n) is 7.95. The van der Waals surface area contributed by atoms with Gasteiger partial charge in [0.15, 0.2) is 5.84 Å². The van der Waals surface area contributed by atoms with E-state index in [1.807, 2.05) is 47.2 Å². The van der Waals surface area contributed by atoms with Gasteiger partial charge in [-0.1, -0.05) is 48.5 Å². The van der Waals surface area contributed by atoms with Crippen LogP contribution < -0.4 is 11.1 Å². The highest BCUT2D eigenvalue weighted by atomic mass is 32.2. The van der Waals surface area contributed by atoms with E-state index in [1.54, 1.807) is 11.8 Å². The molecule has 0 amide bonds. The van der Waals surface area contributed by atoms with Gasteiger partial charge in [-0.2, -0.15) is 5.10 Å². The zero-order chi connectivity index (χ0) is 17.1. The van der Waals surface area contributed by atoms with E-state index in [0.29, 0.717) is 0 Å². The molecule has 2 heterocycles. The Balaban J connectivity index is 1.71. The molecular weight excluding hydrogens is 332 g/mol. The van der Waals surface area contributed by atoms with E-state index in [9.17, 15) is 0 Å². The number of benzene rings is 2. The Morgan fingerprint density at radius 1 is 1.00 bits per heavy atom. The standard InChI is InChI=1S/C18H18N6S/c1-23-17(20-21-22-23)16-12-19-24(15-10-6-3-7-11-15)18(16)25-13-14-8-4-2-5-9-14/h2-12,21-22H,13H2,1H3. The molecule has 6 nitrogen and oxygen atoms in total. The second kappa shape index (κ2) is 7.00. The van der Waals surface area contributed by atoms with Gasteiger partial charge in [-0.15, -0.1) is 22.4 Å². The van der Waals surface area contributed by atoms with Crippen LogP contribution in [0.5, 0.6) is 0 Å². The highest BCUT2D eigenvalue weighted by molar-refractivity contribution is 7.98. The van der Waals surface area contributed by atoms with Crippen molar-refractivity contribution >= 4 is 17.6 Å². The number of thioether (sulfide) groups is 1. The molecule has 0 saturated heterocycles. The Hall–Kier alpha value is -2.77. The van der Waals surface area contributed by atoms with Crippen LogP contribution in [0.25, 0.3) is 5.69 Å². The zero-order valence-electron chi connectivity index (χ0n) is 13.8. The van der Waals surface area contributed by atoms with Gasteiger partial charge in [0.2, 0.25) is 0 Å². The van der Waals surface area contributed by atoms with Crippen LogP contribution in [0.4, 0.5) is 0 Å². The molecule has 0 spiro atoms. The Kier molecular flexibility index (Phi) is 4.41. The minimum atomic E-state index is 0.817. The van der Waals surface area contributed by atoms with E-state index >= 15 is 0 Å². The van der Waals surface area contributed by atoms with Crippen molar-refractivity contribution in [3.05, 3.63) is 78.0 Å². The molecule has 3 aromatic rings. The number of hydrazine groups is 2. The molecule has 0 atom stereocenters. The molecule has 7 heteroatoms. The van der Waals surface area contributed by atoms with Crippen molar-refractivity contribution in [2.24, 2.45) is 5.10 Å². The van der Waals surface area contributed by atoms with Gasteiger partial charge < -0.3 is 0 Å². The fraction of sp³-hybridized carbons (Fsp3) is 0.111. The molecule has 1 aliphatic rings. The van der Waals surface area contributed by atoms with Crippen molar-refractivity contribution in [2.75, 3.05) is 7.05 Å².